The summed E-state index contributed by atoms with van der Waals surface area (Å²) in [5.74, 6) is -1.23. The number of benzene rings is 1. The van der Waals surface area contributed by atoms with E-state index in [2.05, 4.69) is 17.0 Å². The SMILES string of the molecule is CCCCCCCCCCCCCCCCCCNC(=O)c1cccc(OC(F)(F)F)c1OI. The van der Waals surface area contributed by atoms with E-state index in [9.17, 15) is 18.0 Å². The van der Waals surface area contributed by atoms with E-state index in [1.165, 1.54) is 119 Å². The van der Waals surface area contributed by atoms with Crippen LogP contribution < -0.4 is 13.1 Å². The summed E-state index contributed by atoms with van der Waals surface area (Å²) in [6, 6.07) is 3.87. The number of para-hydroxylation sites is 1. The van der Waals surface area contributed by atoms with Gasteiger partial charge in [-0.3, -0.25) is 4.79 Å². The highest BCUT2D eigenvalue weighted by molar-refractivity contribution is 14.1. The van der Waals surface area contributed by atoms with Gasteiger partial charge in [-0.15, -0.1) is 13.2 Å². The number of nitrogens with one attached hydrogen (secondary N) is 1. The second kappa shape index (κ2) is 19.1. The minimum Gasteiger partial charge on any atom is -0.423 e. The van der Waals surface area contributed by atoms with Gasteiger partial charge in [0.2, 0.25) is 0 Å². The number of unbranched alkanes of at least 4 members (excludes halogenated alkanes) is 15. The van der Waals surface area contributed by atoms with Crippen molar-refractivity contribution < 1.29 is 25.8 Å². The highest BCUT2D eigenvalue weighted by Gasteiger charge is 2.33. The van der Waals surface area contributed by atoms with E-state index in [4.69, 9.17) is 3.07 Å². The van der Waals surface area contributed by atoms with Crippen molar-refractivity contribution in [1.29, 1.82) is 0 Å². The standard InChI is InChI=1S/C26H41F3INO3/c1-2-3-4-5-6-7-8-9-10-11-12-13-14-15-16-17-21-31-25(32)22-19-18-20-23(24(22)34-30)33-26(27,28)29/h18-20H,2-17,21H2,1H3,(H,31,32). The summed E-state index contributed by atoms with van der Waals surface area (Å²) in [7, 11) is 0. The van der Waals surface area contributed by atoms with Gasteiger partial charge in [-0.1, -0.05) is 109 Å². The van der Waals surface area contributed by atoms with Crippen LogP contribution in [0.2, 0.25) is 0 Å². The van der Waals surface area contributed by atoms with Gasteiger partial charge in [0, 0.05) is 6.54 Å². The van der Waals surface area contributed by atoms with Crippen LogP contribution >= 0.6 is 23.0 Å². The van der Waals surface area contributed by atoms with E-state index in [0.29, 0.717) is 6.54 Å². The Labute approximate surface area is 217 Å². The average molecular weight is 600 g/mol. The number of carbonyl (C=O) groups excluding carboxylic acids is 1. The summed E-state index contributed by atoms with van der Waals surface area (Å²) >= 11 is 1.44. The molecule has 8 heteroatoms. The van der Waals surface area contributed by atoms with Gasteiger partial charge in [0.25, 0.3) is 5.91 Å². The molecular weight excluding hydrogens is 558 g/mol. The number of rotatable bonds is 20. The van der Waals surface area contributed by atoms with E-state index in [1.807, 2.05) is 0 Å². The molecule has 1 aromatic carbocycles. The topological polar surface area (TPSA) is 47.6 Å². The second-order valence-electron chi connectivity index (χ2n) is 8.82. The van der Waals surface area contributed by atoms with E-state index in [0.717, 1.165) is 25.3 Å². The number of alkyl halides is 3. The van der Waals surface area contributed by atoms with E-state index >= 15 is 0 Å². The van der Waals surface area contributed by atoms with Crippen molar-refractivity contribution in [2.24, 2.45) is 0 Å². The van der Waals surface area contributed by atoms with E-state index in [-0.39, 0.29) is 11.3 Å². The molecule has 0 unspecified atom stereocenters. The predicted octanol–water partition coefficient (Wildman–Crippen LogP) is 9.31. The Balaban J connectivity index is 2.06. The molecule has 0 spiro atoms. The van der Waals surface area contributed by atoms with Crippen molar-refractivity contribution in [2.75, 3.05) is 6.54 Å². The van der Waals surface area contributed by atoms with Gasteiger partial charge >= 0.3 is 6.36 Å². The molecule has 0 aliphatic heterocycles. The van der Waals surface area contributed by atoms with Crippen LogP contribution in [-0.4, -0.2) is 18.8 Å². The van der Waals surface area contributed by atoms with Crippen molar-refractivity contribution in [2.45, 2.75) is 116 Å². The predicted molar refractivity (Wildman–Crippen MR) is 140 cm³/mol. The Morgan fingerprint density at radius 2 is 1.29 bits per heavy atom. The molecule has 4 nitrogen and oxygen atoms in total. The lowest BCUT2D eigenvalue weighted by atomic mass is 10.0. The summed E-state index contributed by atoms with van der Waals surface area (Å²) in [6.45, 7) is 2.73. The van der Waals surface area contributed by atoms with Crippen molar-refractivity contribution in [1.82, 2.24) is 5.32 Å². The highest BCUT2D eigenvalue weighted by Crippen LogP contribution is 2.36. The number of halogens is 4. The van der Waals surface area contributed by atoms with Crippen LogP contribution in [0.1, 0.15) is 120 Å². The molecule has 0 saturated heterocycles. The van der Waals surface area contributed by atoms with Gasteiger partial charge < -0.3 is 13.1 Å². The monoisotopic (exact) mass is 599 g/mol. The highest BCUT2D eigenvalue weighted by atomic mass is 127. The van der Waals surface area contributed by atoms with Gasteiger partial charge in [0.15, 0.2) is 34.5 Å². The molecule has 0 atom stereocenters. The molecule has 0 aromatic heterocycles. The zero-order valence-electron chi connectivity index (χ0n) is 20.5. The first-order chi connectivity index (χ1) is 16.4. The van der Waals surface area contributed by atoms with Crippen molar-refractivity contribution >= 4 is 28.9 Å². The minimum absolute atomic E-state index is 0.0210. The van der Waals surface area contributed by atoms with Gasteiger partial charge in [-0.2, -0.15) is 0 Å². The molecular formula is C26H41F3INO3. The Morgan fingerprint density at radius 1 is 0.824 bits per heavy atom. The lowest BCUT2D eigenvalue weighted by Gasteiger charge is -2.14. The van der Waals surface area contributed by atoms with E-state index < -0.39 is 18.0 Å². The lowest BCUT2D eigenvalue weighted by molar-refractivity contribution is -0.274. The molecule has 0 heterocycles. The molecule has 0 aliphatic carbocycles. The normalized spacial score (nSPS) is 11.4. The first-order valence-electron chi connectivity index (χ1n) is 12.8. The Bertz CT molecular complexity index is 671. The van der Waals surface area contributed by atoms with Gasteiger partial charge in [0.05, 0.1) is 5.56 Å². The maximum absolute atomic E-state index is 12.5. The van der Waals surface area contributed by atoms with Crippen LogP contribution in [0.15, 0.2) is 18.2 Å². The second-order valence-corrected chi connectivity index (χ2v) is 9.26. The van der Waals surface area contributed by atoms with Gasteiger partial charge in [-0.25, -0.2) is 0 Å². The van der Waals surface area contributed by atoms with Gasteiger partial charge in [-0.05, 0) is 18.6 Å². The summed E-state index contributed by atoms with van der Waals surface area (Å²) < 4.78 is 46.5. The number of carbonyl (C=O) groups is 1. The third-order valence-electron chi connectivity index (χ3n) is 5.84. The number of hydrogen-bond acceptors (Lipinski definition) is 3. The zero-order chi connectivity index (χ0) is 25.1. The number of ether oxygens (including phenoxy) is 1. The Morgan fingerprint density at radius 3 is 1.74 bits per heavy atom. The summed E-state index contributed by atoms with van der Waals surface area (Å²) in [4.78, 5) is 12.4. The van der Waals surface area contributed by atoms with Crippen LogP contribution in [0, 0.1) is 0 Å². The molecule has 1 aromatic rings. The molecule has 1 N–H and O–H groups in total. The summed E-state index contributed by atoms with van der Waals surface area (Å²) in [5, 5.41) is 2.75. The molecule has 0 bridgehead atoms. The fraction of sp³-hybridized carbons (Fsp3) is 0.731. The summed E-state index contributed by atoms with van der Waals surface area (Å²) in [5.41, 5.74) is 0.0210. The number of hydrogen-bond donors (Lipinski definition) is 1. The third-order valence-corrected chi connectivity index (χ3v) is 6.28. The van der Waals surface area contributed by atoms with Crippen molar-refractivity contribution in [3.05, 3.63) is 23.8 Å². The Kier molecular flexibility index (Phi) is 17.3. The third kappa shape index (κ3) is 14.9. The smallest absolute Gasteiger partial charge is 0.423 e. The first-order valence-corrected chi connectivity index (χ1v) is 13.7. The Hall–Kier alpha value is -1.19. The molecule has 0 aliphatic rings. The molecule has 196 valence electrons. The van der Waals surface area contributed by atoms with E-state index in [1.54, 1.807) is 0 Å². The fourth-order valence-electron chi connectivity index (χ4n) is 3.95. The van der Waals surface area contributed by atoms with Crippen LogP contribution in [0.5, 0.6) is 11.5 Å². The molecule has 1 amide bonds. The molecule has 0 radical (unpaired) electrons. The molecule has 1 rings (SSSR count). The first kappa shape index (κ1) is 30.8. The fourth-order valence-corrected chi connectivity index (χ4v) is 4.40. The molecule has 0 fully saturated rings. The van der Waals surface area contributed by atoms with Crippen molar-refractivity contribution in [3.8, 4) is 11.5 Å². The maximum Gasteiger partial charge on any atom is 0.573 e. The minimum atomic E-state index is -4.85. The molecule has 34 heavy (non-hydrogen) atoms. The van der Waals surface area contributed by atoms with Crippen LogP contribution in [0.3, 0.4) is 0 Å². The van der Waals surface area contributed by atoms with Crippen LogP contribution in [-0.2, 0) is 0 Å². The zero-order valence-corrected chi connectivity index (χ0v) is 22.6. The average Bonchev–Trinajstić information content (AvgIpc) is 2.79. The van der Waals surface area contributed by atoms with Gasteiger partial charge in [0.1, 0.15) is 0 Å². The van der Waals surface area contributed by atoms with Crippen LogP contribution in [0.25, 0.3) is 0 Å². The number of amides is 1. The lowest BCUT2D eigenvalue weighted by Crippen LogP contribution is -2.25. The summed E-state index contributed by atoms with van der Waals surface area (Å²) in [6.07, 6.45) is 15.6. The maximum atomic E-state index is 12.5. The molecule has 0 saturated carbocycles. The van der Waals surface area contributed by atoms with Crippen LogP contribution in [0.4, 0.5) is 13.2 Å². The largest absolute Gasteiger partial charge is 0.573 e. The van der Waals surface area contributed by atoms with Crippen molar-refractivity contribution in [3.63, 3.8) is 0 Å². The quantitative estimate of drug-likeness (QED) is 0.120.